The zero-order valence-corrected chi connectivity index (χ0v) is 30.0. The quantitative estimate of drug-likeness (QED) is 0.0841. The van der Waals surface area contributed by atoms with Crippen molar-refractivity contribution in [1.29, 1.82) is 0 Å². The van der Waals surface area contributed by atoms with Crippen LogP contribution >= 0.6 is 23.4 Å². The van der Waals surface area contributed by atoms with Gasteiger partial charge in [0.1, 0.15) is 18.0 Å². The lowest BCUT2D eigenvalue weighted by atomic mass is 9.99. The summed E-state index contributed by atoms with van der Waals surface area (Å²) in [5.41, 5.74) is 3.09. The zero-order valence-electron chi connectivity index (χ0n) is 28.4. The molecule has 0 spiro atoms. The van der Waals surface area contributed by atoms with Gasteiger partial charge in [-0.3, -0.25) is 19.3 Å². The highest BCUT2D eigenvalue weighted by atomic mass is 35.5. The van der Waals surface area contributed by atoms with Crippen LogP contribution in [0.3, 0.4) is 0 Å². The van der Waals surface area contributed by atoms with E-state index in [0.717, 1.165) is 22.9 Å². The summed E-state index contributed by atoms with van der Waals surface area (Å²) in [6, 6.07) is 27.7. The van der Waals surface area contributed by atoms with Crippen LogP contribution in [0.25, 0.3) is 6.08 Å². The van der Waals surface area contributed by atoms with Gasteiger partial charge in [0.25, 0.3) is 11.8 Å². The first-order valence-electron chi connectivity index (χ1n) is 16.1. The number of amides is 3. The third kappa shape index (κ3) is 9.34. The Morgan fingerprint density at radius 2 is 1.67 bits per heavy atom. The first-order chi connectivity index (χ1) is 25.2. The third-order valence-electron chi connectivity index (χ3n) is 7.77. The lowest BCUT2D eigenvalue weighted by Crippen LogP contribution is -2.42. The molecule has 0 saturated heterocycles. The van der Waals surface area contributed by atoms with Crippen LogP contribution in [0.2, 0.25) is 5.02 Å². The topological polar surface area (TPSA) is 97.3 Å². The van der Waals surface area contributed by atoms with Gasteiger partial charge in [0.05, 0.1) is 23.9 Å². The average molecular weight is 736 g/mol. The second kappa shape index (κ2) is 18.0. The Bertz CT molecular complexity index is 2030. The monoisotopic (exact) mass is 735 g/mol. The Kier molecular flexibility index (Phi) is 13.0. The van der Waals surface area contributed by atoms with Gasteiger partial charge in [0.2, 0.25) is 5.91 Å². The molecule has 0 aliphatic carbocycles. The summed E-state index contributed by atoms with van der Waals surface area (Å²) in [7, 11) is 1.43. The minimum absolute atomic E-state index is 0.0419. The molecule has 52 heavy (non-hydrogen) atoms. The van der Waals surface area contributed by atoms with E-state index < -0.39 is 17.9 Å². The summed E-state index contributed by atoms with van der Waals surface area (Å²) >= 11 is 7.56. The molecular weight excluding hydrogens is 701 g/mol. The summed E-state index contributed by atoms with van der Waals surface area (Å²) in [6.45, 7) is 5.55. The number of hydrogen-bond donors (Lipinski definition) is 1. The van der Waals surface area contributed by atoms with Crippen molar-refractivity contribution in [2.45, 2.75) is 19.6 Å². The number of carbonyl (C=O) groups is 3. The number of hydrogen-bond acceptors (Lipinski definition) is 6. The SMILES string of the molecule is C=C/C=C\C(=C/C)N1C(=O)/C(=C/c2cc(Cl)c(OCc3ccc(F)cc3)c(OC)c2)C(=O)N=C1SCC(=O)NC(c1ccccc1)c1ccccc1. The normalized spacial score (nSPS) is 14.2. The number of ether oxygens (including phenoxy) is 2. The number of carbonyl (C=O) groups excluding carboxylic acids is 3. The van der Waals surface area contributed by atoms with Gasteiger partial charge in [-0.1, -0.05) is 121 Å². The first kappa shape index (κ1) is 37.5. The molecule has 264 valence electrons. The predicted molar refractivity (Wildman–Crippen MR) is 204 cm³/mol. The van der Waals surface area contributed by atoms with Crippen LogP contribution in [0.1, 0.15) is 35.2 Å². The van der Waals surface area contributed by atoms with Crippen molar-refractivity contribution in [3.05, 3.63) is 172 Å². The highest BCUT2D eigenvalue weighted by Crippen LogP contribution is 2.38. The number of halogens is 2. The Balaban J connectivity index is 1.41. The molecule has 0 bridgehead atoms. The Morgan fingerprint density at radius 1 is 1.02 bits per heavy atom. The van der Waals surface area contributed by atoms with Crippen molar-refractivity contribution in [3.8, 4) is 11.5 Å². The molecule has 1 heterocycles. The Labute approximate surface area is 311 Å². The van der Waals surface area contributed by atoms with Crippen LogP contribution in [0, 0.1) is 5.82 Å². The maximum Gasteiger partial charge on any atom is 0.285 e. The largest absolute Gasteiger partial charge is 0.493 e. The number of amidine groups is 1. The first-order valence-corrected chi connectivity index (χ1v) is 17.5. The van der Waals surface area contributed by atoms with Crippen molar-refractivity contribution >= 4 is 52.3 Å². The van der Waals surface area contributed by atoms with E-state index in [2.05, 4.69) is 16.9 Å². The maximum atomic E-state index is 14.1. The molecule has 0 unspecified atom stereocenters. The summed E-state index contributed by atoms with van der Waals surface area (Å²) in [5, 5.41) is 3.29. The average Bonchev–Trinajstić information content (AvgIpc) is 3.16. The van der Waals surface area contributed by atoms with Crippen LogP contribution in [-0.4, -0.2) is 40.7 Å². The fraction of sp³-hybridized carbons (Fsp3) is 0.122. The van der Waals surface area contributed by atoms with Crippen molar-refractivity contribution in [2.24, 2.45) is 4.99 Å². The highest BCUT2D eigenvalue weighted by Gasteiger charge is 2.35. The number of rotatable bonds is 13. The van der Waals surface area contributed by atoms with Gasteiger partial charge >= 0.3 is 0 Å². The summed E-state index contributed by atoms with van der Waals surface area (Å²) in [5.74, 6) is -1.75. The molecule has 0 aromatic heterocycles. The van der Waals surface area contributed by atoms with Crippen LogP contribution in [-0.2, 0) is 21.0 Å². The summed E-state index contributed by atoms with van der Waals surface area (Å²) in [4.78, 5) is 46.6. The number of nitrogens with one attached hydrogen (secondary N) is 1. The lowest BCUT2D eigenvalue weighted by molar-refractivity contribution is -0.126. The van der Waals surface area contributed by atoms with E-state index in [-0.39, 0.29) is 51.3 Å². The van der Waals surface area contributed by atoms with Gasteiger partial charge in [-0.15, -0.1) is 0 Å². The molecule has 4 aromatic carbocycles. The molecule has 0 atom stereocenters. The van der Waals surface area contributed by atoms with Gasteiger partial charge in [0, 0.05) is 5.70 Å². The van der Waals surface area contributed by atoms with Gasteiger partial charge in [0.15, 0.2) is 16.7 Å². The molecule has 4 aromatic rings. The number of allylic oxidation sites excluding steroid dienone is 4. The van der Waals surface area contributed by atoms with Crippen molar-refractivity contribution in [3.63, 3.8) is 0 Å². The summed E-state index contributed by atoms with van der Waals surface area (Å²) in [6.07, 6.45) is 7.93. The van der Waals surface area contributed by atoms with E-state index in [9.17, 15) is 18.8 Å². The van der Waals surface area contributed by atoms with Crippen LogP contribution in [0.4, 0.5) is 4.39 Å². The molecule has 0 saturated carbocycles. The second-order valence-corrected chi connectivity index (χ2v) is 12.6. The fourth-order valence-corrected chi connectivity index (χ4v) is 6.34. The second-order valence-electron chi connectivity index (χ2n) is 11.3. The van der Waals surface area contributed by atoms with E-state index >= 15 is 0 Å². The molecule has 5 rings (SSSR count). The van der Waals surface area contributed by atoms with E-state index in [0.29, 0.717) is 16.8 Å². The van der Waals surface area contributed by atoms with E-state index in [4.69, 9.17) is 21.1 Å². The van der Waals surface area contributed by atoms with Crippen molar-refractivity contribution in [2.75, 3.05) is 12.9 Å². The third-order valence-corrected chi connectivity index (χ3v) is 8.99. The molecular formula is C41H35ClFN3O5S. The zero-order chi connectivity index (χ0) is 37.0. The molecule has 8 nitrogen and oxygen atoms in total. The van der Waals surface area contributed by atoms with Gasteiger partial charge in [-0.25, -0.2) is 4.39 Å². The smallest absolute Gasteiger partial charge is 0.285 e. The Morgan fingerprint density at radius 3 is 2.27 bits per heavy atom. The van der Waals surface area contributed by atoms with Crippen molar-refractivity contribution < 1.29 is 28.2 Å². The maximum absolute atomic E-state index is 14.1. The number of thioether (sulfide) groups is 1. The minimum Gasteiger partial charge on any atom is -0.493 e. The number of aliphatic imine (C=N–C) groups is 1. The van der Waals surface area contributed by atoms with Gasteiger partial charge in [-0.2, -0.15) is 4.99 Å². The van der Waals surface area contributed by atoms with Crippen LogP contribution < -0.4 is 14.8 Å². The van der Waals surface area contributed by atoms with E-state index in [1.807, 2.05) is 60.7 Å². The predicted octanol–water partition coefficient (Wildman–Crippen LogP) is 8.46. The van der Waals surface area contributed by atoms with Crippen LogP contribution in [0.5, 0.6) is 11.5 Å². The highest BCUT2D eigenvalue weighted by molar-refractivity contribution is 8.14. The molecule has 0 fully saturated rings. The van der Waals surface area contributed by atoms with Crippen LogP contribution in [0.15, 0.2) is 144 Å². The molecule has 3 amide bonds. The summed E-state index contributed by atoms with van der Waals surface area (Å²) < 4.78 is 24.7. The standard InChI is InChI=1S/C41H35ClFN3O5S/c1-4-6-17-32(5-2)46-40(49)33(22-28-23-34(42)38(35(24-28)50-3)51-25-27-18-20-31(43)21-19-27)39(48)45-41(46)52-26-36(47)44-37(29-13-9-7-10-14-29)30-15-11-8-12-16-30/h4-24,37H,1,25-26H2,2-3H3,(H,44,47)/b17-6-,32-5+,33-22+. The van der Waals surface area contributed by atoms with Crippen molar-refractivity contribution in [1.82, 2.24) is 10.2 Å². The number of benzene rings is 4. The number of methoxy groups -OCH3 is 1. The van der Waals surface area contributed by atoms with Gasteiger partial charge in [-0.05, 0) is 65.6 Å². The van der Waals surface area contributed by atoms with E-state index in [1.165, 1.54) is 36.3 Å². The fourth-order valence-electron chi connectivity index (χ4n) is 5.26. The lowest BCUT2D eigenvalue weighted by Gasteiger charge is -2.28. The minimum atomic E-state index is -0.787. The Hall–Kier alpha value is -5.71. The van der Waals surface area contributed by atoms with E-state index in [1.54, 1.807) is 49.4 Å². The molecule has 1 N–H and O–H groups in total. The number of nitrogens with zero attached hydrogens (tertiary/aromatic N) is 2. The molecule has 1 aliphatic rings. The molecule has 11 heteroatoms. The molecule has 1 aliphatic heterocycles. The molecule has 0 radical (unpaired) electrons. The van der Waals surface area contributed by atoms with Gasteiger partial charge < -0.3 is 14.8 Å².